The summed E-state index contributed by atoms with van der Waals surface area (Å²) < 4.78 is 16.4. The Labute approximate surface area is 160 Å². The summed E-state index contributed by atoms with van der Waals surface area (Å²) >= 11 is 0. The molecule has 1 heterocycles. The predicted molar refractivity (Wildman–Crippen MR) is 100 cm³/mol. The zero-order valence-corrected chi connectivity index (χ0v) is 16.2. The molecule has 0 spiro atoms. The smallest absolute Gasteiger partial charge is 0.305 e. The van der Waals surface area contributed by atoms with Crippen LogP contribution in [0, 0.1) is 5.92 Å². The molecule has 2 N–H and O–H groups in total. The summed E-state index contributed by atoms with van der Waals surface area (Å²) in [5.74, 6) is 0.325. The number of amides is 1. The molecule has 1 aliphatic rings. The van der Waals surface area contributed by atoms with Crippen LogP contribution in [-0.4, -0.2) is 49.5 Å². The van der Waals surface area contributed by atoms with Crippen molar-refractivity contribution in [2.45, 2.75) is 45.1 Å². The first-order chi connectivity index (χ1) is 12.8. The number of benzene rings is 1. The van der Waals surface area contributed by atoms with Crippen molar-refractivity contribution in [3.63, 3.8) is 0 Å². The number of rotatable bonds is 9. The van der Waals surface area contributed by atoms with Crippen LogP contribution in [0.2, 0.25) is 0 Å². The molecule has 0 aromatic heterocycles. The number of carboxylic acid groups (broad SMARTS) is 1. The average molecular weight is 379 g/mol. The van der Waals surface area contributed by atoms with Crippen LogP contribution in [0.5, 0.6) is 11.5 Å². The van der Waals surface area contributed by atoms with Gasteiger partial charge >= 0.3 is 5.97 Å². The van der Waals surface area contributed by atoms with Crippen LogP contribution < -0.4 is 14.8 Å². The molecule has 0 aliphatic carbocycles. The number of methoxy groups -OCH3 is 1. The van der Waals surface area contributed by atoms with E-state index < -0.39 is 11.5 Å². The number of aliphatic carboxylic acids is 1. The summed E-state index contributed by atoms with van der Waals surface area (Å²) in [5, 5.41) is 12.1. The highest BCUT2D eigenvalue weighted by Gasteiger charge is 2.36. The number of nitrogens with one attached hydrogen (secondary N) is 1. The van der Waals surface area contributed by atoms with E-state index in [0.29, 0.717) is 55.6 Å². The lowest BCUT2D eigenvalue weighted by molar-refractivity contribution is -0.139. The van der Waals surface area contributed by atoms with Crippen molar-refractivity contribution in [1.82, 2.24) is 5.32 Å². The Balaban J connectivity index is 2.11. The lowest BCUT2D eigenvalue weighted by atomic mass is 9.86. The highest BCUT2D eigenvalue weighted by atomic mass is 16.5. The third-order valence-electron chi connectivity index (χ3n) is 4.70. The van der Waals surface area contributed by atoms with Crippen LogP contribution >= 0.6 is 0 Å². The molecule has 1 aliphatic heterocycles. The van der Waals surface area contributed by atoms with E-state index in [1.165, 1.54) is 7.11 Å². The molecular weight excluding hydrogens is 350 g/mol. The molecule has 0 unspecified atom stereocenters. The van der Waals surface area contributed by atoms with Gasteiger partial charge in [-0.3, -0.25) is 9.59 Å². The predicted octanol–water partition coefficient (Wildman–Crippen LogP) is 2.87. The lowest BCUT2D eigenvalue weighted by Crippen LogP contribution is -2.53. The van der Waals surface area contributed by atoms with E-state index in [1.807, 2.05) is 0 Å². The van der Waals surface area contributed by atoms with E-state index in [1.54, 1.807) is 18.2 Å². The molecular formula is C20H29NO6. The topological polar surface area (TPSA) is 94.1 Å². The zero-order chi connectivity index (χ0) is 19.9. The molecule has 27 heavy (non-hydrogen) atoms. The molecule has 1 saturated heterocycles. The Hall–Kier alpha value is -2.28. The van der Waals surface area contributed by atoms with Crippen LogP contribution in [0.15, 0.2) is 18.2 Å². The maximum absolute atomic E-state index is 12.7. The number of hydrogen-bond donors (Lipinski definition) is 2. The summed E-state index contributed by atoms with van der Waals surface area (Å²) in [6.07, 6.45) is 1.73. The van der Waals surface area contributed by atoms with E-state index >= 15 is 0 Å². The van der Waals surface area contributed by atoms with Crippen molar-refractivity contribution < 1.29 is 28.9 Å². The molecule has 7 nitrogen and oxygen atoms in total. The van der Waals surface area contributed by atoms with E-state index in [-0.39, 0.29) is 12.3 Å². The molecule has 0 atom stereocenters. The average Bonchev–Trinajstić information content (AvgIpc) is 2.61. The van der Waals surface area contributed by atoms with E-state index in [4.69, 9.17) is 14.2 Å². The maximum atomic E-state index is 12.7. The molecule has 1 aromatic rings. The molecule has 0 saturated carbocycles. The number of hydrogen-bond acceptors (Lipinski definition) is 5. The minimum Gasteiger partial charge on any atom is -0.493 e. The molecule has 150 valence electrons. The Bertz CT molecular complexity index is 652. The number of ether oxygens (including phenoxy) is 3. The van der Waals surface area contributed by atoms with E-state index in [0.717, 1.165) is 6.42 Å². The first-order valence-electron chi connectivity index (χ1n) is 9.28. The Kier molecular flexibility index (Phi) is 7.47. The minimum absolute atomic E-state index is 0.129. The normalized spacial score (nSPS) is 16.0. The van der Waals surface area contributed by atoms with E-state index in [2.05, 4.69) is 19.2 Å². The molecule has 0 bridgehead atoms. The van der Waals surface area contributed by atoms with Crippen LogP contribution in [0.3, 0.4) is 0 Å². The number of carboxylic acids is 1. The standard InChI is InChI=1S/C20H29NO6/c1-14(2)6-9-27-16-5-4-15(12-17(16)25-3)19(24)21-20(13-18(22)23)7-10-26-11-8-20/h4-5,12,14H,6-11,13H2,1-3H3,(H,21,24)(H,22,23). The zero-order valence-electron chi connectivity index (χ0n) is 16.2. The van der Waals surface area contributed by atoms with Crippen molar-refractivity contribution in [3.8, 4) is 11.5 Å². The lowest BCUT2D eigenvalue weighted by Gasteiger charge is -2.36. The summed E-state index contributed by atoms with van der Waals surface area (Å²) in [6.45, 7) is 5.68. The fraction of sp³-hybridized carbons (Fsp3) is 0.600. The van der Waals surface area contributed by atoms with Crippen LogP contribution in [0.4, 0.5) is 0 Å². The number of carbonyl (C=O) groups is 2. The third-order valence-corrected chi connectivity index (χ3v) is 4.70. The minimum atomic E-state index is -0.941. The van der Waals surface area contributed by atoms with E-state index in [9.17, 15) is 14.7 Å². The van der Waals surface area contributed by atoms with Gasteiger partial charge in [0.25, 0.3) is 5.91 Å². The van der Waals surface area contributed by atoms with Gasteiger partial charge < -0.3 is 24.6 Å². The first-order valence-corrected chi connectivity index (χ1v) is 9.28. The van der Waals surface area contributed by atoms with Crippen molar-refractivity contribution >= 4 is 11.9 Å². The van der Waals surface area contributed by atoms with Gasteiger partial charge in [0.1, 0.15) is 0 Å². The molecule has 1 amide bonds. The maximum Gasteiger partial charge on any atom is 0.305 e. The van der Waals surface area contributed by atoms with Crippen LogP contribution in [0.1, 0.15) is 49.9 Å². The second kappa shape index (κ2) is 9.60. The summed E-state index contributed by atoms with van der Waals surface area (Å²) in [6, 6.07) is 4.99. The SMILES string of the molecule is COc1cc(C(=O)NC2(CC(=O)O)CCOCC2)ccc1OCCC(C)C. The van der Waals surface area contributed by atoms with Crippen molar-refractivity contribution in [1.29, 1.82) is 0 Å². The number of carbonyl (C=O) groups excluding carboxylic acids is 1. The second-order valence-corrected chi connectivity index (χ2v) is 7.31. The van der Waals surface area contributed by atoms with Crippen molar-refractivity contribution in [3.05, 3.63) is 23.8 Å². The van der Waals surface area contributed by atoms with Crippen molar-refractivity contribution in [2.24, 2.45) is 5.92 Å². The summed E-state index contributed by atoms with van der Waals surface area (Å²) in [7, 11) is 1.52. The quantitative estimate of drug-likeness (QED) is 0.685. The molecule has 7 heteroatoms. The van der Waals surface area contributed by atoms with Gasteiger partial charge in [0.15, 0.2) is 11.5 Å². The third kappa shape index (κ3) is 6.13. The van der Waals surface area contributed by atoms with Crippen LogP contribution in [-0.2, 0) is 9.53 Å². The largest absolute Gasteiger partial charge is 0.493 e. The first kappa shape index (κ1) is 21.0. The van der Waals surface area contributed by atoms with Gasteiger partial charge in [-0.1, -0.05) is 13.8 Å². The highest BCUT2D eigenvalue weighted by molar-refractivity contribution is 5.95. The monoisotopic (exact) mass is 379 g/mol. The molecule has 2 rings (SSSR count). The summed E-state index contributed by atoms with van der Waals surface area (Å²) in [5.41, 5.74) is -0.389. The highest BCUT2D eigenvalue weighted by Crippen LogP contribution is 2.30. The fourth-order valence-electron chi connectivity index (χ4n) is 3.04. The Morgan fingerprint density at radius 2 is 1.96 bits per heavy atom. The van der Waals surface area contributed by atoms with Gasteiger partial charge in [0, 0.05) is 18.8 Å². The van der Waals surface area contributed by atoms with Gasteiger partial charge in [-0.05, 0) is 43.4 Å². The van der Waals surface area contributed by atoms with Crippen LogP contribution in [0.25, 0.3) is 0 Å². The van der Waals surface area contributed by atoms with Crippen molar-refractivity contribution in [2.75, 3.05) is 26.9 Å². The molecule has 1 aromatic carbocycles. The Morgan fingerprint density at radius 1 is 1.26 bits per heavy atom. The van der Waals surface area contributed by atoms with Gasteiger partial charge in [0.2, 0.25) is 0 Å². The Morgan fingerprint density at radius 3 is 2.56 bits per heavy atom. The van der Waals surface area contributed by atoms with Gasteiger partial charge in [-0.2, -0.15) is 0 Å². The summed E-state index contributed by atoms with van der Waals surface area (Å²) in [4.78, 5) is 24.0. The molecule has 0 radical (unpaired) electrons. The fourth-order valence-corrected chi connectivity index (χ4v) is 3.04. The van der Waals surface area contributed by atoms with Gasteiger partial charge in [-0.15, -0.1) is 0 Å². The second-order valence-electron chi connectivity index (χ2n) is 7.31. The molecule has 1 fully saturated rings. The van der Waals surface area contributed by atoms with Gasteiger partial charge in [-0.25, -0.2) is 0 Å². The van der Waals surface area contributed by atoms with Gasteiger partial charge in [0.05, 0.1) is 25.7 Å².